The predicted octanol–water partition coefficient (Wildman–Crippen LogP) is 39.1. The topological polar surface area (TPSA) is 0 Å². The zero-order valence-electron chi connectivity index (χ0n) is 86.2. The highest BCUT2D eigenvalue weighted by atomic mass is 14.5. The first-order chi connectivity index (χ1) is 69.4. The molecule has 1 fully saturated rings. The molecule has 26 rings (SSSR count). The van der Waals surface area contributed by atoms with E-state index in [4.69, 9.17) is 0 Å². The first-order valence-corrected chi connectivity index (χ1v) is 51.6. The highest BCUT2D eigenvalue weighted by Gasteiger charge is 2.46. The standard InChI is InChI=1S/C27H22.C24H18.C22H18.C20H24.C18H14.C17H20.C15H14/c1-19-11-15-21(16-12-19)27(22-17-13-20(2)14-18-22)25-9-5-3-7-23(25)24-8-4-6-10-26(24)27;1-15-21-11-17-7-3-5-9-19(17)13-23(21)16(2)24-14-20-10-6-4-8-18(20)12-22(15)24;1-15-11-13-21(19-9-5-3-7-17(15)19)22-14-12-16(2)18-8-4-6-10-20(18)22;1-16-6-10-18(11-7-16)20(14-4-3-5-15-20)19-12-8-17(2)9-13-19;1-11-3-5-13-8-10-16-12(2)4-6-14-7-9-15(11)17(13)18(14)16;1-13-5-9-15(10-6-13)17(3,4)16-11-7-14(2)8-12-16;1-10-3-5-14-12(7-10)9-13-8-11(2)4-6-15(13)14/h3-18H,1-2H3;3-14H,1-2H3;3-14H,1-2H3;6-13H,3-5,14-15H2,1-2H3;3-10H,1-2H3;5-12H,1-4H3;3-8H,9H2,1-2H3. The lowest BCUT2D eigenvalue weighted by Gasteiger charge is -2.38. The monoisotopic (exact) mass is 1850 g/mol. The van der Waals surface area contributed by atoms with Crippen molar-refractivity contribution in [2.45, 2.75) is 166 Å². The number of fused-ring (bicyclic) bond motifs is 12. The van der Waals surface area contributed by atoms with Gasteiger partial charge in [-0.25, -0.2) is 0 Å². The second-order valence-corrected chi connectivity index (χ2v) is 41.7. The molecule has 143 heavy (non-hydrogen) atoms. The SMILES string of the molecule is Cc1c2cc3ccccc3cc2c(C)c2cc3ccccc3cc12.Cc1ccc(-c2ccc(C)c3ccccc23)c2ccccc12.Cc1ccc(C(C)(C)c2ccc(C)cc2)cc1.Cc1ccc(C2(c3ccc(C)cc3)CCCCC2)cc1.Cc1ccc(C2(c3ccc(C)cc3)c3ccccc3-c3ccccc32)cc1.Cc1ccc2c(c1)Cc1cc(C)ccc1-2.Cc1ccc2ccc3c(C)ccc4ccc1c2c43. The quantitative estimate of drug-likeness (QED) is 0.110. The Labute approximate surface area is 847 Å². The van der Waals surface area contributed by atoms with E-state index in [-0.39, 0.29) is 16.2 Å². The zero-order valence-corrected chi connectivity index (χ0v) is 86.2. The third kappa shape index (κ3) is 18.7. The molecular formula is C143H130. The second-order valence-electron chi connectivity index (χ2n) is 41.7. The van der Waals surface area contributed by atoms with Crippen molar-refractivity contribution >= 4 is 97.0 Å². The van der Waals surface area contributed by atoms with Crippen LogP contribution in [0.4, 0.5) is 0 Å². The number of hydrogen-bond acceptors (Lipinski definition) is 0. The van der Waals surface area contributed by atoms with Crippen molar-refractivity contribution in [2.75, 3.05) is 0 Å². The summed E-state index contributed by atoms with van der Waals surface area (Å²) in [7, 11) is 0. The van der Waals surface area contributed by atoms with Crippen LogP contribution in [0.25, 0.3) is 130 Å². The Morgan fingerprint density at radius 1 is 0.196 bits per heavy atom. The number of rotatable bonds is 7. The van der Waals surface area contributed by atoms with E-state index in [1.54, 1.807) is 0 Å². The molecule has 0 heteroatoms. The van der Waals surface area contributed by atoms with E-state index in [0.717, 1.165) is 6.42 Å². The van der Waals surface area contributed by atoms with Gasteiger partial charge in [-0.15, -0.1) is 0 Å². The molecule has 0 bridgehead atoms. The van der Waals surface area contributed by atoms with Crippen LogP contribution in [-0.2, 0) is 22.7 Å². The maximum absolute atomic E-state index is 2.35. The van der Waals surface area contributed by atoms with Crippen molar-refractivity contribution in [3.63, 3.8) is 0 Å². The van der Waals surface area contributed by atoms with Gasteiger partial charge < -0.3 is 0 Å². The third-order valence-electron chi connectivity index (χ3n) is 31.6. The second kappa shape index (κ2) is 40.3. The van der Waals surface area contributed by atoms with Gasteiger partial charge in [0.2, 0.25) is 0 Å². The van der Waals surface area contributed by atoms with Gasteiger partial charge in [0.1, 0.15) is 0 Å². The summed E-state index contributed by atoms with van der Waals surface area (Å²) in [5.74, 6) is 0. The van der Waals surface area contributed by atoms with E-state index in [1.807, 2.05) is 0 Å². The summed E-state index contributed by atoms with van der Waals surface area (Å²) in [6, 6.07) is 156. The van der Waals surface area contributed by atoms with Gasteiger partial charge in [-0.2, -0.15) is 0 Å². The molecule has 0 saturated heterocycles. The molecule has 0 atom stereocenters. The maximum atomic E-state index is 2.35. The van der Waals surface area contributed by atoms with Crippen LogP contribution in [0, 0.1) is 96.9 Å². The molecular weight excluding hydrogens is 1720 g/mol. The van der Waals surface area contributed by atoms with Crippen molar-refractivity contribution < 1.29 is 0 Å². The summed E-state index contributed by atoms with van der Waals surface area (Å²) in [6.07, 6.45) is 7.77. The van der Waals surface area contributed by atoms with Crippen LogP contribution >= 0.6 is 0 Å². The van der Waals surface area contributed by atoms with Crippen LogP contribution in [0.1, 0.15) is 179 Å². The normalized spacial score (nSPS) is 13.0. The van der Waals surface area contributed by atoms with Crippen LogP contribution in [0.2, 0.25) is 0 Å². The summed E-state index contributed by atoms with van der Waals surface area (Å²) in [6.45, 7) is 35.0. The summed E-state index contributed by atoms with van der Waals surface area (Å²) in [5, 5.41) is 24.4. The van der Waals surface area contributed by atoms with Gasteiger partial charge in [0, 0.05) is 10.8 Å². The summed E-state index contributed by atoms with van der Waals surface area (Å²) in [5.41, 5.74) is 41.1. The van der Waals surface area contributed by atoms with Gasteiger partial charge in [0.05, 0.1) is 5.41 Å². The highest BCUT2D eigenvalue weighted by molar-refractivity contribution is 6.24. The molecule has 0 N–H and O–H groups in total. The minimum absolute atomic E-state index is 0.0708. The molecule has 1 saturated carbocycles. The molecule has 0 amide bonds. The third-order valence-corrected chi connectivity index (χ3v) is 31.6. The fourth-order valence-corrected chi connectivity index (χ4v) is 23.3. The molecule has 3 aliphatic rings. The Kier molecular flexibility index (Phi) is 26.9. The average molecular weight is 1850 g/mol. The summed E-state index contributed by atoms with van der Waals surface area (Å²) < 4.78 is 0. The molecule has 0 heterocycles. The fraction of sp³-hybridized carbons (Fsp3) is 0.175. The molecule has 0 unspecified atom stereocenters. The summed E-state index contributed by atoms with van der Waals surface area (Å²) in [4.78, 5) is 0. The molecule has 23 aromatic rings. The molecule has 0 aromatic heterocycles. The van der Waals surface area contributed by atoms with Gasteiger partial charge >= 0.3 is 0 Å². The van der Waals surface area contributed by atoms with Crippen molar-refractivity contribution in [1.82, 2.24) is 0 Å². The zero-order chi connectivity index (χ0) is 99.0. The molecule has 0 aliphatic heterocycles. The largest absolute Gasteiger partial charge is 0.0713 e. The van der Waals surface area contributed by atoms with E-state index in [0.29, 0.717) is 0 Å². The van der Waals surface area contributed by atoms with E-state index < -0.39 is 0 Å². The van der Waals surface area contributed by atoms with Gasteiger partial charge in [-0.1, -0.05) is 478 Å². The Morgan fingerprint density at radius 3 is 0.832 bits per heavy atom. The lowest BCUT2D eigenvalue weighted by Crippen LogP contribution is -2.30. The Balaban J connectivity index is 0.000000103. The fourth-order valence-electron chi connectivity index (χ4n) is 23.3. The first kappa shape index (κ1) is 95.2. The van der Waals surface area contributed by atoms with Crippen molar-refractivity contribution in [1.29, 1.82) is 0 Å². The van der Waals surface area contributed by atoms with Crippen LogP contribution in [0.3, 0.4) is 0 Å². The van der Waals surface area contributed by atoms with E-state index >= 15 is 0 Å². The molecule has 702 valence electrons. The minimum Gasteiger partial charge on any atom is -0.0619 e. The van der Waals surface area contributed by atoms with Crippen LogP contribution in [0.5, 0.6) is 0 Å². The average Bonchev–Trinajstić information content (AvgIpc) is 1.70. The molecule has 0 radical (unpaired) electrons. The van der Waals surface area contributed by atoms with E-state index in [1.165, 1.54) is 296 Å². The van der Waals surface area contributed by atoms with Crippen LogP contribution < -0.4 is 0 Å². The van der Waals surface area contributed by atoms with Gasteiger partial charge in [-0.05, 0) is 360 Å². The number of hydrogen-bond donors (Lipinski definition) is 0. The smallest absolute Gasteiger partial charge is 0.0619 e. The van der Waals surface area contributed by atoms with E-state index in [2.05, 4.69) is 535 Å². The molecule has 3 aliphatic carbocycles. The lowest BCUT2D eigenvalue weighted by atomic mass is 9.65. The molecule has 0 spiro atoms. The van der Waals surface area contributed by atoms with Gasteiger partial charge in [0.25, 0.3) is 0 Å². The predicted molar refractivity (Wildman–Crippen MR) is 620 cm³/mol. The van der Waals surface area contributed by atoms with Crippen molar-refractivity contribution in [3.05, 3.63) is 558 Å². The Bertz CT molecular complexity index is 8030. The maximum Gasteiger partial charge on any atom is 0.0713 e. The molecule has 0 nitrogen and oxygen atoms in total. The van der Waals surface area contributed by atoms with E-state index in [9.17, 15) is 0 Å². The number of benzene rings is 23. The van der Waals surface area contributed by atoms with Crippen LogP contribution in [-0.4, -0.2) is 0 Å². The Hall–Kier alpha value is -15.3. The highest BCUT2D eigenvalue weighted by Crippen LogP contribution is 2.57. The number of aryl methyl sites for hydroxylation is 14. The minimum atomic E-state index is -0.269. The molecule has 23 aromatic carbocycles. The summed E-state index contributed by atoms with van der Waals surface area (Å²) >= 11 is 0. The Morgan fingerprint density at radius 2 is 0.476 bits per heavy atom. The van der Waals surface area contributed by atoms with Gasteiger partial charge in [0.15, 0.2) is 0 Å². The van der Waals surface area contributed by atoms with Gasteiger partial charge in [-0.3, -0.25) is 0 Å². The van der Waals surface area contributed by atoms with Crippen molar-refractivity contribution in [2.24, 2.45) is 0 Å². The lowest BCUT2D eigenvalue weighted by molar-refractivity contribution is 0.346. The van der Waals surface area contributed by atoms with Crippen molar-refractivity contribution in [3.8, 4) is 33.4 Å². The first-order valence-electron chi connectivity index (χ1n) is 51.6. The van der Waals surface area contributed by atoms with Crippen LogP contribution in [0.15, 0.2) is 425 Å².